The lowest BCUT2D eigenvalue weighted by atomic mass is 10.0. The van der Waals surface area contributed by atoms with Gasteiger partial charge in [0.2, 0.25) is 0 Å². The molecule has 0 amide bonds. The third-order valence-corrected chi connectivity index (χ3v) is 5.42. The average molecular weight is 281 g/mol. The van der Waals surface area contributed by atoms with Gasteiger partial charge < -0.3 is 10.5 Å². The summed E-state index contributed by atoms with van der Waals surface area (Å²) in [5.41, 5.74) is 7.51. The lowest BCUT2D eigenvalue weighted by Gasteiger charge is -2.21. The van der Waals surface area contributed by atoms with Gasteiger partial charge in [0.25, 0.3) is 0 Å². The molecule has 0 radical (unpaired) electrons. The molecule has 0 spiro atoms. The van der Waals surface area contributed by atoms with E-state index in [4.69, 9.17) is 10.5 Å². The van der Waals surface area contributed by atoms with Crippen LogP contribution in [0.5, 0.6) is 5.75 Å². The van der Waals surface area contributed by atoms with Crippen molar-refractivity contribution in [2.45, 2.75) is 50.0 Å². The van der Waals surface area contributed by atoms with Crippen molar-refractivity contribution in [3.8, 4) is 5.75 Å². The second-order valence-electron chi connectivity index (χ2n) is 5.09. The summed E-state index contributed by atoms with van der Waals surface area (Å²) in [6.45, 7) is 2.57. The first-order valence-electron chi connectivity index (χ1n) is 7.09. The number of benzene rings is 1. The largest absolute Gasteiger partial charge is 0.494 e. The van der Waals surface area contributed by atoms with E-state index < -0.39 is 10.8 Å². The predicted molar refractivity (Wildman–Crippen MR) is 80.7 cm³/mol. The lowest BCUT2D eigenvalue weighted by molar-refractivity contribution is 0.337. The van der Waals surface area contributed by atoms with Gasteiger partial charge in [-0.2, -0.15) is 0 Å². The first kappa shape index (κ1) is 14.4. The molecule has 2 N–H and O–H groups in total. The van der Waals surface area contributed by atoms with Crippen LogP contribution >= 0.6 is 0 Å². The summed E-state index contributed by atoms with van der Waals surface area (Å²) < 4.78 is 18.0. The van der Waals surface area contributed by atoms with Gasteiger partial charge in [-0.05, 0) is 38.0 Å². The van der Waals surface area contributed by atoms with E-state index in [0.717, 1.165) is 24.2 Å². The number of nitrogen functional groups attached to an aromatic ring is 1. The fraction of sp³-hybridized carbons (Fsp3) is 0.600. The molecule has 1 fully saturated rings. The second-order valence-corrected chi connectivity index (χ2v) is 6.80. The van der Waals surface area contributed by atoms with Gasteiger partial charge in [-0.1, -0.05) is 19.3 Å². The Morgan fingerprint density at radius 3 is 2.74 bits per heavy atom. The van der Waals surface area contributed by atoms with Crippen molar-refractivity contribution in [3.63, 3.8) is 0 Å². The fourth-order valence-corrected chi connectivity index (χ4v) is 4.23. The maximum Gasteiger partial charge on any atom is 0.123 e. The summed E-state index contributed by atoms with van der Waals surface area (Å²) in [6, 6.07) is 5.61. The smallest absolute Gasteiger partial charge is 0.123 e. The van der Waals surface area contributed by atoms with Crippen LogP contribution in [-0.4, -0.2) is 16.1 Å². The van der Waals surface area contributed by atoms with E-state index in [1.54, 1.807) is 0 Å². The van der Waals surface area contributed by atoms with Gasteiger partial charge in [-0.15, -0.1) is 0 Å². The molecule has 1 unspecified atom stereocenters. The Labute approximate surface area is 118 Å². The highest BCUT2D eigenvalue weighted by atomic mass is 32.2. The molecule has 1 aromatic rings. The van der Waals surface area contributed by atoms with E-state index in [1.807, 2.05) is 25.1 Å². The Kier molecular flexibility index (Phi) is 5.25. The number of ether oxygens (including phenoxy) is 1. The van der Waals surface area contributed by atoms with E-state index >= 15 is 0 Å². The maximum absolute atomic E-state index is 12.5. The molecule has 4 heteroatoms. The van der Waals surface area contributed by atoms with Crippen LogP contribution in [0.4, 0.5) is 5.69 Å². The molecule has 1 aliphatic rings. The van der Waals surface area contributed by atoms with E-state index in [2.05, 4.69) is 0 Å². The highest BCUT2D eigenvalue weighted by Crippen LogP contribution is 2.27. The summed E-state index contributed by atoms with van der Waals surface area (Å²) in [6.07, 6.45) is 5.91. The Hall–Kier alpha value is -1.03. The van der Waals surface area contributed by atoms with Crippen LogP contribution in [-0.2, 0) is 16.6 Å². The molecule has 106 valence electrons. The molecule has 1 aliphatic carbocycles. The quantitative estimate of drug-likeness (QED) is 0.843. The zero-order valence-corrected chi connectivity index (χ0v) is 12.4. The summed E-state index contributed by atoms with van der Waals surface area (Å²) in [4.78, 5) is 0. The number of rotatable bonds is 5. The molecule has 0 aromatic heterocycles. The van der Waals surface area contributed by atoms with Crippen molar-refractivity contribution < 1.29 is 8.95 Å². The van der Waals surface area contributed by atoms with Crippen LogP contribution in [0.1, 0.15) is 44.6 Å². The first-order valence-corrected chi connectivity index (χ1v) is 8.47. The second kappa shape index (κ2) is 6.94. The zero-order valence-electron chi connectivity index (χ0n) is 11.6. The molecular formula is C15H23NO2S. The third kappa shape index (κ3) is 3.96. The highest BCUT2D eigenvalue weighted by molar-refractivity contribution is 7.84. The van der Waals surface area contributed by atoms with Crippen LogP contribution < -0.4 is 10.5 Å². The fourth-order valence-electron chi connectivity index (χ4n) is 2.61. The van der Waals surface area contributed by atoms with Crippen molar-refractivity contribution in [2.24, 2.45) is 0 Å². The van der Waals surface area contributed by atoms with Crippen molar-refractivity contribution in [2.75, 3.05) is 12.3 Å². The van der Waals surface area contributed by atoms with Gasteiger partial charge in [0.15, 0.2) is 0 Å². The Morgan fingerprint density at radius 2 is 2.05 bits per heavy atom. The summed E-state index contributed by atoms with van der Waals surface area (Å²) in [7, 11) is -0.815. The van der Waals surface area contributed by atoms with Gasteiger partial charge in [-0.25, -0.2) is 0 Å². The normalized spacial score (nSPS) is 18.2. The van der Waals surface area contributed by atoms with Crippen LogP contribution in [0.15, 0.2) is 18.2 Å². The molecule has 2 rings (SSSR count). The SMILES string of the molecule is CCOc1ccc(N)cc1CS(=O)C1CCCCC1. The molecule has 1 aromatic carbocycles. The van der Waals surface area contributed by atoms with Crippen molar-refractivity contribution >= 4 is 16.5 Å². The number of hydrogen-bond acceptors (Lipinski definition) is 3. The third-order valence-electron chi connectivity index (χ3n) is 3.61. The standard InChI is InChI=1S/C15H23NO2S/c1-2-18-15-9-8-13(16)10-12(15)11-19(17)14-6-4-3-5-7-14/h8-10,14H,2-7,11,16H2,1H3. The molecule has 0 heterocycles. The van der Waals surface area contributed by atoms with E-state index in [-0.39, 0.29) is 0 Å². The van der Waals surface area contributed by atoms with E-state index in [1.165, 1.54) is 19.3 Å². The van der Waals surface area contributed by atoms with Crippen molar-refractivity contribution in [3.05, 3.63) is 23.8 Å². The molecule has 3 nitrogen and oxygen atoms in total. The van der Waals surface area contributed by atoms with Gasteiger partial charge in [-0.3, -0.25) is 4.21 Å². The number of nitrogens with two attached hydrogens (primary N) is 1. The molecule has 0 saturated heterocycles. The average Bonchev–Trinajstić information content (AvgIpc) is 2.43. The van der Waals surface area contributed by atoms with Crippen molar-refractivity contribution in [1.82, 2.24) is 0 Å². The molecular weight excluding hydrogens is 258 g/mol. The summed E-state index contributed by atoms with van der Waals surface area (Å²) >= 11 is 0. The van der Waals surface area contributed by atoms with Crippen LogP contribution in [0.25, 0.3) is 0 Å². The highest BCUT2D eigenvalue weighted by Gasteiger charge is 2.21. The Morgan fingerprint density at radius 1 is 1.32 bits per heavy atom. The molecule has 1 saturated carbocycles. The minimum absolute atomic E-state index is 0.352. The minimum Gasteiger partial charge on any atom is -0.494 e. The maximum atomic E-state index is 12.5. The van der Waals surface area contributed by atoms with Crippen molar-refractivity contribution in [1.29, 1.82) is 0 Å². The van der Waals surface area contributed by atoms with Crippen LogP contribution in [0, 0.1) is 0 Å². The van der Waals surface area contributed by atoms with Gasteiger partial charge in [0, 0.05) is 27.3 Å². The predicted octanol–water partition coefficient (Wildman–Crippen LogP) is 3.25. The van der Waals surface area contributed by atoms with E-state index in [0.29, 0.717) is 23.3 Å². The number of hydrogen-bond donors (Lipinski definition) is 1. The van der Waals surface area contributed by atoms with E-state index in [9.17, 15) is 4.21 Å². The molecule has 0 bridgehead atoms. The zero-order chi connectivity index (χ0) is 13.7. The lowest BCUT2D eigenvalue weighted by Crippen LogP contribution is -2.20. The minimum atomic E-state index is -0.815. The van der Waals surface area contributed by atoms with Crippen LogP contribution in [0.2, 0.25) is 0 Å². The van der Waals surface area contributed by atoms with Gasteiger partial charge >= 0.3 is 0 Å². The Bertz CT molecular complexity index is 442. The monoisotopic (exact) mass is 281 g/mol. The summed E-state index contributed by atoms with van der Waals surface area (Å²) in [5, 5.41) is 0.352. The first-order chi connectivity index (χ1) is 9.20. The molecule has 0 aliphatic heterocycles. The number of anilines is 1. The van der Waals surface area contributed by atoms with Gasteiger partial charge in [0.05, 0.1) is 12.4 Å². The molecule has 19 heavy (non-hydrogen) atoms. The van der Waals surface area contributed by atoms with Gasteiger partial charge in [0.1, 0.15) is 5.75 Å². The van der Waals surface area contributed by atoms with Crippen LogP contribution in [0.3, 0.4) is 0 Å². The molecule has 1 atom stereocenters. The Balaban J connectivity index is 2.08. The topological polar surface area (TPSA) is 52.3 Å². The summed E-state index contributed by atoms with van der Waals surface area (Å²) in [5.74, 6) is 1.38.